The Bertz CT molecular complexity index is 306. The summed E-state index contributed by atoms with van der Waals surface area (Å²) < 4.78 is 0. The molecule has 0 aliphatic heterocycles. The van der Waals surface area contributed by atoms with E-state index in [9.17, 15) is 4.79 Å². The Morgan fingerprint density at radius 3 is 2.60 bits per heavy atom. The van der Waals surface area contributed by atoms with Crippen molar-refractivity contribution in [3.63, 3.8) is 0 Å². The topological polar surface area (TPSA) is 49.3 Å². The molecule has 0 spiro atoms. The Hall–Kier alpha value is -1.35. The van der Waals surface area contributed by atoms with Crippen LogP contribution in [0.4, 0.5) is 0 Å². The molecular formula is C12H17NO2. The number of aryl methyl sites for hydroxylation is 2. The number of hydrogen-bond acceptors (Lipinski definition) is 2. The number of aliphatic hydroxyl groups is 1. The molecular weight excluding hydrogens is 190 g/mol. The number of nitrogens with one attached hydrogen (secondary N) is 1. The minimum Gasteiger partial charge on any atom is -0.395 e. The summed E-state index contributed by atoms with van der Waals surface area (Å²) in [6, 6.07) is 8.16. The van der Waals surface area contributed by atoms with E-state index in [1.165, 1.54) is 11.1 Å². The molecule has 82 valence electrons. The molecule has 0 heterocycles. The van der Waals surface area contributed by atoms with E-state index in [0.29, 0.717) is 13.0 Å². The highest BCUT2D eigenvalue weighted by Gasteiger charge is 2.00. The van der Waals surface area contributed by atoms with E-state index in [2.05, 4.69) is 5.32 Å². The van der Waals surface area contributed by atoms with E-state index in [-0.39, 0.29) is 12.5 Å². The van der Waals surface area contributed by atoms with Crippen molar-refractivity contribution in [2.24, 2.45) is 0 Å². The van der Waals surface area contributed by atoms with Gasteiger partial charge in [0.15, 0.2) is 0 Å². The van der Waals surface area contributed by atoms with Crippen molar-refractivity contribution in [2.75, 3.05) is 13.2 Å². The van der Waals surface area contributed by atoms with Gasteiger partial charge in [0, 0.05) is 13.0 Å². The van der Waals surface area contributed by atoms with Gasteiger partial charge < -0.3 is 10.4 Å². The molecule has 0 saturated heterocycles. The zero-order valence-corrected chi connectivity index (χ0v) is 8.99. The molecule has 0 radical (unpaired) electrons. The first-order valence-electron chi connectivity index (χ1n) is 5.15. The molecule has 0 aromatic heterocycles. The summed E-state index contributed by atoms with van der Waals surface area (Å²) in [6.45, 7) is 2.38. The lowest BCUT2D eigenvalue weighted by molar-refractivity contribution is -0.121. The van der Waals surface area contributed by atoms with Gasteiger partial charge in [-0.1, -0.05) is 29.8 Å². The van der Waals surface area contributed by atoms with Crippen LogP contribution in [-0.2, 0) is 11.2 Å². The second-order valence-corrected chi connectivity index (χ2v) is 3.56. The summed E-state index contributed by atoms with van der Waals surface area (Å²) in [6.07, 6.45) is 1.22. The summed E-state index contributed by atoms with van der Waals surface area (Å²) in [5.74, 6) is -0.00961. The van der Waals surface area contributed by atoms with Crippen molar-refractivity contribution in [2.45, 2.75) is 19.8 Å². The molecule has 1 rings (SSSR count). The monoisotopic (exact) mass is 207 g/mol. The highest BCUT2D eigenvalue weighted by Crippen LogP contribution is 2.05. The maximum absolute atomic E-state index is 11.2. The third-order valence-corrected chi connectivity index (χ3v) is 2.20. The normalized spacial score (nSPS) is 10.0. The van der Waals surface area contributed by atoms with Crippen LogP contribution in [0, 0.1) is 6.92 Å². The van der Waals surface area contributed by atoms with Gasteiger partial charge in [0.1, 0.15) is 0 Å². The summed E-state index contributed by atoms with van der Waals surface area (Å²) in [5, 5.41) is 11.1. The van der Waals surface area contributed by atoms with Crippen LogP contribution >= 0.6 is 0 Å². The quantitative estimate of drug-likeness (QED) is 0.757. The third-order valence-electron chi connectivity index (χ3n) is 2.20. The minimum atomic E-state index is -0.00961. The smallest absolute Gasteiger partial charge is 0.220 e. The maximum Gasteiger partial charge on any atom is 0.220 e. The minimum absolute atomic E-state index is 0.00370. The summed E-state index contributed by atoms with van der Waals surface area (Å²) in [7, 11) is 0. The Morgan fingerprint density at radius 2 is 2.00 bits per heavy atom. The van der Waals surface area contributed by atoms with Crippen LogP contribution < -0.4 is 5.32 Å². The largest absolute Gasteiger partial charge is 0.395 e. The fourth-order valence-electron chi connectivity index (χ4n) is 1.30. The van der Waals surface area contributed by atoms with Crippen molar-refractivity contribution in [3.8, 4) is 0 Å². The van der Waals surface area contributed by atoms with Gasteiger partial charge in [0.2, 0.25) is 5.91 Å². The zero-order chi connectivity index (χ0) is 11.1. The molecule has 0 fully saturated rings. The van der Waals surface area contributed by atoms with Crippen LogP contribution in [-0.4, -0.2) is 24.2 Å². The van der Waals surface area contributed by atoms with E-state index in [0.717, 1.165) is 6.42 Å². The van der Waals surface area contributed by atoms with Gasteiger partial charge in [-0.3, -0.25) is 4.79 Å². The second-order valence-electron chi connectivity index (χ2n) is 3.56. The molecule has 0 atom stereocenters. The van der Waals surface area contributed by atoms with Crippen LogP contribution in [0.5, 0.6) is 0 Å². The van der Waals surface area contributed by atoms with Crippen molar-refractivity contribution >= 4 is 5.91 Å². The zero-order valence-electron chi connectivity index (χ0n) is 8.99. The number of carbonyl (C=O) groups excluding carboxylic acids is 1. The molecule has 3 heteroatoms. The number of benzene rings is 1. The lowest BCUT2D eigenvalue weighted by Crippen LogP contribution is -2.26. The van der Waals surface area contributed by atoms with Crippen LogP contribution in [0.3, 0.4) is 0 Å². The van der Waals surface area contributed by atoms with Gasteiger partial charge >= 0.3 is 0 Å². The Labute approximate surface area is 90.1 Å². The van der Waals surface area contributed by atoms with Crippen molar-refractivity contribution in [1.82, 2.24) is 5.32 Å². The number of rotatable bonds is 5. The predicted molar refractivity (Wildman–Crippen MR) is 59.6 cm³/mol. The van der Waals surface area contributed by atoms with Crippen LogP contribution in [0.1, 0.15) is 17.5 Å². The van der Waals surface area contributed by atoms with Gasteiger partial charge in [0.25, 0.3) is 0 Å². The number of hydrogen-bond donors (Lipinski definition) is 2. The van der Waals surface area contributed by atoms with E-state index in [4.69, 9.17) is 5.11 Å². The molecule has 1 aromatic rings. The van der Waals surface area contributed by atoms with Gasteiger partial charge in [-0.25, -0.2) is 0 Å². The number of aliphatic hydroxyl groups excluding tert-OH is 1. The molecule has 0 aliphatic carbocycles. The van der Waals surface area contributed by atoms with E-state index in [1.54, 1.807) is 0 Å². The van der Waals surface area contributed by atoms with Crippen LogP contribution in [0.2, 0.25) is 0 Å². The fourth-order valence-corrected chi connectivity index (χ4v) is 1.30. The van der Waals surface area contributed by atoms with Crippen LogP contribution in [0.25, 0.3) is 0 Å². The molecule has 0 bridgehead atoms. The first-order chi connectivity index (χ1) is 7.22. The SMILES string of the molecule is Cc1ccc(CCC(=O)NCCO)cc1. The molecule has 0 saturated carbocycles. The molecule has 0 aliphatic rings. The molecule has 1 aromatic carbocycles. The highest BCUT2D eigenvalue weighted by molar-refractivity contribution is 5.76. The first-order valence-corrected chi connectivity index (χ1v) is 5.15. The average Bonchev–Trinajstić information content (AvgIpc) is 2.25. The second kappa shape index (κ2) is 6.19. The Kier molecular flexibility index (Phi) is 4.84. The van der Waals surface area contributed by atoms with Crippen LogP contribution in [0.15, 0.2) is 24.3 Å². The van der Waals surface area contributed by atoms with E-state index in [1.807, 2.05) is 31.2 Å². The molecule has 1 amide bonds. The molecule has 15 heavy (non-hydrogen) atoms. The van der Waals surface area contributed by atoms with Crippen molar-refractivity contribution in [1.29, 1.82) is 0 Å². The van der Waals surface area contributed by atoms with Gasteiger partial charge in [-0.05, 0) is 18.9 Å². The lowest BCUT2D eigenvalue weighted by Gasteiger charge is -2.03. The first kappa shape index (κ1) is 11.7. The fraction of sp³-hybridized carbons (Fsp3) is 0.417. The molecule has 3 nitrogen and oxygen atoms in total. The molecule has 0 unspecified atom stereocenters. The summed E-state index contributed by atoms with van der Waals surface area (Å²) in [4.78, 5) is 11.2. The Morgan fingerprint density at radius 1 is 1.33 bits per heavy atom. The highest BCUT2D eigenvalue weighted by atomic mass is 16.3. The standard InChI is InChI=1S/C12H17NO2/c1-10-2-4-11(5-3-10)6-7-12(15)13-8-9-14/h2-5,14H,6-9H2,1H3,(H,13,15). The maximum atomic E-state index is 11.2. The summed E-state index contributed by atoms with van der Waals surface area (Å²) in [5.41, 5.74) is 2.39. The van der Waals surface area contributed by atoms with Gasteiger partial charge in [-0.2, -0.15) is 0 Å². The number of amides is 1. The average molecular weight is 207 g/mol. The van der Waals surface area contributed by atoms with Crippen molar-refractivity contribution in [3.05, 3.63) is 35.4 Å². The van der Waals surface area contributed by atoms with E-state index < -0.39 is 0 Å². The van der Waals surface area contributed by atoms with Gasteiger partial charge in [0.05, 0.1) is 6.61 Å². The third kappa shape index (κ3) is 4.61. The Balaban J connectivity index is 2.30. The van der Waals surface area contributed by atoms with Gasteiger partial charge in [-0.15, -0.1) is 0 Å². The predicted octanol–water partition coefficient (Wildman–Crippen LogP) is 1.04. The lowest BCUT2D eigenvalue weighted by atomic mass is 10.1. The van der Waals surface area contributed by atoms with E-state index >= 15 is 0 Å². The number of carbonyl (C=O) groups is 1. The van der Waals surface area contributed by atoms with Crippen molar-refractivity contribution < 1.29 is 9.90 Å². The summed E-state index contributed by atoms with van der Waals surface area (Å²) >= 11 is 0. The molecule has 2 N–H and O–H groups in total.